The minimum absolute atomic E-state index is 0.161. The molecule has 0 aliphatic carbocycles. The van der Waals surface area contributed by atoms with E-state index in [1.165, 1.54) is 0 Å². The maximum absolute atomic E-state index is 11.6. The fourth-order valence-corrected chi connectivity index (χ4v) is 1.50. The number of hydrogen-bond donors (Lipinski definition) is 3. The molecule has 1 atom stereocenters. The van der Waals surface area contributed by atoms with Crippen LogP contribution in [-0.2, 0) is 16.0 Å². The molecule has 1 rings (SSSR count). The number of hydrogen-bond acceptors (Lipinski definition) is 4. The smallest absolute Gasteiger partial charge is 0.237 e. The Balaban J connectivity index is 2.24. The molecule has 0 bridgehead atoms. The molecule has 0 saturated heterocycles. The van der Waals surface area contributed by atoms with Crippen molar-refractivity contribution in [1.29, 1.82) is 0 Å². The molecule has 1 aromatic carbocycles. The van der Waals surface area contributed by atoms with Gasteiger partial charge in [0.15, 0.2) is 0 Å². The third kappa shape index (κ3) is 5.16. The summed E-state index contributed by atoms with van der Waals surface area (Å²) in [6.07, 6.45) is 1.23. The van der Waals surface area contributed by atoms with E-state index in [0.29, 0.717) is 26.0 Å². The topological polar surface area (TPSA) is 84.6 Å². The number of phenolic OH excluding ortho intramolecular Hbond substituents is 1. The molecule has 5 heteroatoms. The molecule has 18 heavy (non-hydrogen) atoms. The Hall–Kier alpha value is -1.59. The van der Waals surface area contributed by atoms with Crippen LogP contribution in [0.3, 0.4) is 0 Å². The standard InChI is InChI=1S/C13H20N2O3/c1-18-9-7-12(14)13(17)15-8-6-10-2-4-11(16)5-3-10/h2-5,12,16H,6-9,14H2,1H3,(H,15,17). The molecule has 4 N–H and O–H groups in total. The first kappa shape index (κ1) is 14.5. The van der Waals surface area contributed by atoms with Gasteiger partial charge in [-0.05, 0) is 30.5 Å². The van der Waals surface area contributed by atoms with Crippen LogP contribution < -0.4 is 11.1 Å². The number of aromatic hydroxyl groups is 1. The summed E-state index contributed by atoms with van der Waals surface area (Å²) in [4.78, 5) is 11.6. The third-order valence-corrected chi connectivity index (χ3v) is 2.62. The van der Waals surface area contributed by atoms with E-state index in [4.69, 9.17) is 15.6 Å². The Morgan fingerprint density at radius 2 is 2.11 bits per heavy atom. The van der Waals surface area contributed by atoms with Crippen molar-refractivity contribution in [3.63, 3.8) is 0 Å². The first-order chi connectivity index (χ1) is 8.63. The number of nitrogens with two attached hydrogens (primary N) is 1. The monoisotopic (exact) mass is 252 g/mol. The quantitative estimate of drug-likeness (QED) is 0.656. The van der Waals surface area contributed by atoms with Crippen molar-refractivity contribution >= 4 is 5.91 Å². The van der Waals surface area contributed by atoms with Crippen LogP contribution in [0.25, 0.3) is 0 Å². The number of carbonyl (C=O) groups excluding carboxylic acids is 1. The number of rotatable bonds is 7. The Labute approximate surface area is 107 Å². The minimum atomic E-state index is -0.523. The maximum atomic E-state index is 11.6. The summed E-state index contributed by atoms with van der Waals surface area (Å²) < 4.78 is 4.86. The van der Waals surface area contributed by atoms with Crippen molar-refractivity contribution in [2.45, 2.75) is 18.9 Å². The van der Waals surface area contributed by atoms with Crippen molar-refractivity contribution in [3.05, 3.63) is 29.8 Å². The fraction of sp³-hybridized carbons (Fsp3) is 0.462. The number of methoxy groups -OCH3 is 1. The molecule has 1 amide bonds. The van der Waals surface area contributed by atoms with Gasteiger partial charge in [-0.25, -0.2) is 0 Å². The second-order valence-corrected chi connectivity index (χ2v) is 4.10. The lowest BCUT2D eigenvalue weighted by Gasteiger charge is -2.11. The summed E-state index contributed by atoms with van der Waals surface area (Å²) in [5.74, 6) is 0.0789. The lowest BCUT2D eigenvalue weighted by molar-refractivity contribution is -0.122. The molecule has 0 aliphatic heterocycles. The zero-order valence-electron chi connectivity index (χ0n) is 10.6. The summed E-state index contributed by atoms with van der Waals surface area (Å²) in [5.41, 5.74) is 6.73. The lowest BCUT2D eigenvalue weighted by atomic mass is 10.1. The Morgan fingerprint density at radius 3 is 2.72 bits per heavy atom. The van der Waals surface area contributed by atoms with Crippen LogP contribution in [0.4, 0.5) is 0 Å². The Bertz CT molecular complexity index is 365. The largest absolute Gasteiger partial charge is 0.508 e. The van der Waals surface area contributed by atoms with Crippen LogP contribution >= 0.6 is 0 Å². The molecule has 0 aliphatic rings. The van der Waals surface area contributed by atoms with Gasteiger partial charge in [0.1, 0.15) is 5.75 Å². The number of benzene rings is 1. The van der Waals surface area contributed by atoms with Crippen molar-refractivity contribution < 1.29 is 14.6 Å². The fourth-order valence-electron chi connectivity index (χ4n) is 1.50. The van der Waals surface area contributed by atoms with Crippen LogP contribution in [0.5, 0.6) is 5.75 Å². The minimum Gasteiger partial charge on any atom is -0.508 e. The van der Waals surface area contributed by atoms with E-state index in [1.54, 1.807) is 19.2 Å². The van der Waals surface area contributed by atoms with E-state index in [2.05, 4.69) is 5.32 Å². The zero-order chi connectivity index (χ0) is 13.4. The highest BCUT2D eigenvalue weighted by atomic mass is 16.5. The van der Waals surface area contributed by atoms with E-state index in [1.807, 2.05) is 12.1 Å². The van der Waals surface area contributed by atoms with E-state index < -0.39 is 6.04 Å². The second kappa shape index (κ2) is 7.68. The first-order valence-corrected chi connectivity index (χ1v) is 5.93. The Kier molecular flexibility index (Phi) is 6.18. The van der Waals surface area contributed by atoms with Gasteiger partial charge in [0, 0.05) is 20.3 Å². The summed E-state index contributed by atoms with van der Waals surface area (Å²) in [6, 6.07) is 6.38. The van der Waals surface area contributed by atoms with Gasteiger partial charge in [-0.15, -0.1) is 0 Å². The number of amides is 1. The molecule has 0 heterocycles. The molecule has 0 radical (unpaired) electrons. The maximum Gasteiger partial charge on any atom is 0.237 e. The van der Waals surface area contributed by atoms with Crippen molar-refractivity contribution in [1.82, 2.24) is 5.32 Å². The van der Waals surface area contributed by atoms with E-state index in [0.717, 1.165) is 5.56 Å². The average molecular weight is 252 g/mol. The van der Waals surface area contributed by atoms with Crippen LogP contribution in [0.15, 0.2) is 24.3 Å². The number of ether oxygens (including phenoxy) is 1. The molecule has 100 valence electrons. The average Bonchev–Trinajstić information content (AvgIpc) is 2.38. The molecule has 0 saturated carbocycles. The number of nitrogens with one attached hydrogen (secondary N) is 1. The van der Waals surface area contributed by atoms with Crippen molar-refractivity contribution in [2.75, 3.05) is 20.3 Å². The predicted molar refractivity (Wildman–Crippen MR) is 69.3 cm³/mol. The molecular weight excluding hydrogens is 232 g/mol. The van der Waals surface area contributed by atoms with Crippen LogP contribution in [0, 0.1) is 0 Å². The van der Waals surface area contributed by atoms with Gasteiger partial charge in [0.2, 0.25) is 5.91 Å². The summed E-state index contributed by atoms with van der Waals surface area (Å²) in [5, 5.41) is 11.9. The molecule has 0 fully saturated rings. The number of carbonyl (C=O) groups is 1. The molecule has 5 nitrogen and oxygen atoms in total. The van der Waals surface area contributed by atoms with Crippen molar-refractivity contribution in [2.24, 2.45) is 5.73 Å². The highest BCUT2D eigenvalue weighted by molar-refractivity contribution is 5.81. The summed E-state index contributed by atoms with van der Waals surface area (Å²) in [7, 11) is 1.58. The summed E-state index contributed by atoms with van der Waals surface area (Å²) >= 11 is 0. The first-order valence-electron chi connectivity index (χ1n) is 5.93. The molecular formula is C13H20N2O3. The third-order valence-electron chi connectivity index (χ3n) is 2.62. The normalized spacial score (nSPS) is 12.1. The van der Waals surface area contributed by atoms with E-state index in [-0.39, 0.29) is 11.7 Å². The van der Waals surface area contributed by atoms with Gasteiger partial charge in [0.05, 0.1) is 6.04 Å². The highest BCUT2D eigenvalue weighted by Crippen LogP contribution is 2.09. The van der Waals surface area contributed by atoms with Gasteiger partial charge in [0.25, 0.3) is 0 Å². The Morgan fingerprint density at radius 1 is 1.44 bits per heavy atom. The molecule has 1 aromatic rings. The van der Waals surface area contributed by atoms with Gasteiger partial charge < -0.3 is 20.9 Å². The molecule has 0 spiro atoms. The lowest BCUT2D eigenvalue weighted by Crippen LogP contribution is -2.41. The van der Waals surface area contributed by atoms with Crippen LogP contribution in [-0.4, -0.2) is 37.3 Å². The van der Waals surface area contributed by atoms with Gasteiger partial charge in [-0.2, -0.15) is 0 Å². The molecule has 0 aromatic heterocycles. The predicted octanol–water partition coefficient (Wildman–Crippen LogP) is 0.415. The van der Waals surface area contributed by atoms with E-state index >= 15 is 0 Å². The summed E-state index contributed by atoms with van der Waals surface area (Å²) in [6.45, 7) is 1.01. The zero-order valence-corrected chi connectivity index (χ0v) is 10.6. The van der Waals surface area contributed by atoms with Crippen molar-refractivity contribution in [3.8, 4) is 5.75 Å². The number of phenols is 1. The van der Waals surface area contributed by atoms with Crippen LogP contribution in [0.2, 0.25) is 0 Å². The van der Waals surface area contributed by atoms with E-state index in [9.17, 15) is 4.79 Å². The highest BCUT2D eigenvalue weighted by Gasteiger charge is 2.11. The van der Waals surface area contributed by atoms with Gasteiger partial charge in [-0.1, -0.05) is 12.1 Å². The van der Waals surface area contributed by atoms with Crippen LogP contribution in [0.1, 0.15) is 12.0 Å². The second-order valence-electron chi connectivity index (χ2n) is 4.10. The van der Waals surface area contributed by atoms with Gasteiger partial charge in [-0.3, -0.25) is 4.79 Å². The van der Waals surface area contributed by atoms with Gasteiger partial charge >= 0.3 is 0 Å². The SMILES string of the molecule is COCCC(N)C(=O)NCCc1ccc(O)cc1. The molecule has 1 unspecified atom stereocenters.